The SMILES string of the molecule is Br.C=CCn1c(-c2ccccc2)cs/c1=N\Nc1ccc([N+](=O)[O-])cc1. The Morgan fingerprint density at radius 1 is 1.19 bits per heavy atom. The number of hydrogen-bond acceptors (Lipinski definition) is 5. The molecule has 0 aliphatic heterocycles. The highest BCUT2D eigenvalue weighted by atomic mass is 79.9. The second-order valence-corrected chi connectivity index (χ2v) is 6.03. The third-order valence-electron chi connectivity index (χ3n) is 3.54. The number of anilines is 1. The second kappa shape index (κ2) is 9.12. The molecule has 134 valence electrons. The van der Waals surface area contributed by atoms with Crippen molar-refractivity contribution in [2.45, 2.75) is 6.54 Å². The number of thiazole rings is 1. The molecule has 1 aromatic heterocycles. The molecule has 6 nitrogen and oxygen atoms in total. The van der Waals surface area contributed by atoms with Crippen molar-refractivity contribution in [2.75, 3.05) is 5.43 Å². The molecule has 0 amide bonds. The summed E-state index contributed by atoms with van der Waals surface area (Å²) in [5.41, 5.74) is 5.86. The van der Waals surface area contributed by atoms with Crippen LogP contribution in [0.5, 0.6) is 0 Å². The van der Waals surface area contributed by atoms with Crippen LogP contribution in [0.4, 0.5) is 11.4 Å². The van der Waals surface area contributed by atoms with Crippen molar-refractivity contribution in [1.82, 2.24) is 4.57 Å². The van der Waals surface area contributed by atoms with Gasteiger partial charge < -0.3 is 4.57 Å². The summed E-state index contributed by atoms with van der Waals surface area (Å²) in [7, 11) is 0. The number of nitrogens with zero attached hydrogens (tertiary/aromatic N) is 3. The molecule has 0 saturated heterocycles. The van der Waals surface area contributed by atoms with Gasteiger partial charge in [0.25, 0.3) is 5.69 Å². The Balaban J connectivity index is 0.00000243. The maximum absolute atomic E-state index is 10.7. The molecule has 1 heterocycles. The number of nitro groups is 1. The summed E-state index contributed by atoms with van der Waals surface area (Å²) in [6, 6.07) is 16.2. The Morgan fingerprint density at radius 3 is 2.50 bits per heavy atom. The van der Waals surface area contributed by atoms with Gasteiger partial charge in [0.1, 0.15) is 0 Å². The van der Waals surface area contributed by atoms with Gasteiger partial charge in [-0.1, -0.05) is 36.4 Å². The van der Waals surface area contributed by atoms with Gasteiger partial charge in [0.2, 0.25) is 4.80 Å². The second-order valence-electron chi connectivity index (χ2n) is 5.20. The highest BCUT2D eigenvalue weighted by molar-refractivity contribution is 8.93. The lowest BCUT2D eigenvalue weighted by atomic mass is 10.2. The standard InChI is InChI=1S/C18H16N4O2S.BrH/c1-2-12-21-17(14-6-4-3-5-7-14)13-25-18(21)20-19-15-8-10-16(11-9-15)22(23)24;/h2-11,13,19H,1,12H2;1H/b20-18-;. The molecule has 0 unspecified atom stereocenters. The zero-order valence-electron chi connectivity index (χ0n) is 13.7. The lowest BCUT2D eigenvalue weighted by molar-refractivity contribution is -0.384. The Bertz CT molecular complexity index is 949. The van der Waals surface area contributed by atoms with E-state index in [0.717, 1.165) is 16.1 Å². The van der Waals surface area contributed by atoms with E-state index in [1.807, 2.05) is 24.3 Å². The van der Waals surface area contributed by atoms with Gasteiger partial charge in [0.15, 0.2) is 0 Å². The number of halogens is 1. The first kappa shape index (κ1) is 19.6. The van der Waals surface area contributed by atoms with E-state index in [2.05, 4.69) is 39.2 Å². The van der Waals surface area contributed by atoms with Gasteiger partial charge in [-0.3, -0.25) is 15.5 Å². The van der Waals surface area contributed by atoms with Crippen LogP contribution < -0.4 is 10.2 Å². The first-order valence-electron chi connectivity index (χ1n) is 7.58. The first-order chi connectivity index (χ1) is 12.2. The summed E-state index contributed by atoms with van der Waals surface area (Å²) in [6.45, 7) is 4.45. The van der Waals surface area contributed by atoms with Crippen molar-refractivity contribution in [3.8, 4) is 11.3 Å². The van der Waals surface area contributed by atoms with E-state index in [-0.39, 0.29) is 22.7 Å². The number of allylic oxidation sites excluding steroid dienone is 1. The number of aromatic nitrogens is 1. The predicted molar refractivity (Wildman–Crippen MR) is 111 cm³/mol. The van der Waals surface area contributed by atoms with Gasteiger partial charge >= 0.3 is 0 Å². The summed E-state index contributed by atoms with van der Waals surface area (Å²) in [5, 5.41) is 17.2. The summed E-state index contributed by atoms with van der Waals surface area (Å²) in [4.78, 5) is 11.1. The zero-order valence-corrected chi connectivity index (χ0v) is 16.3. The Hall–Kier alpha value is -2.71. The fourth-order valence-corrected chi connectivity index (χ4v) is 3.21. The van der Waals surface area contributed by atoms with E-state index in [0.29, 0.717) is 12.2 Å². The van der Waals surface area contributed by atoms with E-state index < -0.39 is 4.92 Å². The van der Waals surface area contributed by atoms with Crippen LogP contribution in [0.2, 0.25) is 0 Å². The highest BCUT2D eigenvalue weighted by Gasteiger charge is 2.07. The molecule has 1 N–H and O–H groups in total. The van der Waals surface area contributed by atoms with Crippen molar-refractivity contribution in [3.05, 3.63) is 87.5 Å². The third kappa shape index (κ3) is 4.47. The number of rotatable bonds is 6. The Morgan fingerprint density at radius 2 is 1.88 bits per heavy atom. The van der Waals surface area contributed by atoms with Crippen molar-refractivity contribution in [1.29, 1.82) is 0 Å². The molecule has 0 radical (unpaired) electrons. The monoisotopic (exact) mass is 432 g/mol. The average Bonchev–Trinajstić information content (AvgIpc) is 3.04. The van der Waals surface area contributed by atoms with Crippen LogP contribution in [0, 0.1) is 10.1 Å². The van der Waals surface area contributed by atoms with Crippen LogP contribution in [0.3, 0.4) is 0 Å². The molecule has 0 aliphatic carbocycles. The topological polar surface area (TPSA) is 72.5 Å². The van der Waals surface area contributed by atoms with E-state index >= 15 is 0 Å². The molecule has 0 aliphatic rings. The molecule has 0 saturated carbocycles. The van der Waals surface area contributed by atoms with E-state index in [4.69, 9.17) is 0 Å². The van der Waals surface area contributed by atoms with Gasteiger partial charge in [-0.2, -0.15) is 0 Å². The Labute approximate surface area is 165 Å². The minimum atomic E-state index is -0.426. The minimum Gasteiger partial charge on any atom is -0.311 e. The lowest BCUT2D eigenvalue weighted by Crippen LogP contribution is -2.17. The first-order valence-corrected chi connectivity index (χ1v) is 8.46. The smallest absolute Gasteiger partial charge is 0.269 e. The molecule has 0 fully saturated rings. The molecule has 0 atom stereocenters. The average molecular weight is 433 g/mol. The summed E-state index contributed by atoms with van der Waals surface area (Å²) in [6.07, 6.45) is 1.82. The molecule has 8 heteroatoms. The summed E-state index contributed by atoms with van der Waals surface area (Å²) in [5.74, 6) is 0. The maximum Gasteiger partial charge on any atom is 0.269 e. The van der Waals surface area contributed by atoms with Gasteiger partial charge in [-0.05, 0) is 17.7 Å². The molecule has 3 aromatic rings. The van der Waals surface area contributed by atoms with Gasteiger partial charge in [0, 0.05) is 24.1 Å². The largest absolute Gasteiger partial charge is 0.311 e. The van der Waals surface area contributed by atoms with E-state index in [9.17, 15) is 10.1 Å². The number of nitro benzene ring substituents is 1. The molecule has 0 bridgehead atoms. The van der Waals surface area contributed by atoms with Crippen LogP contribution in [0.1, 0.15) is 0 Å². The van der Waals surface area contributed by atoms with Crippen LogP contribution in [0.15, 0.2) is 77.7 Å². The van der Waals surface area contributed by atoms with Gasteiger partial charge in [-0.15, -0.1) is 40.0 Å². The zero-order chi connectivity index (χ0) is 17.6. The van der Waals surface area contributed by atoms with Crippen LogP contribution >= 0.6 is 28.3 Å². The number of benzene rings is 2. The number of nitrogens with one attached hydrogen (secondary N) is 1. The Kier molecular flexibility index (Phi) is 6.88. The van der Waals surface area contributed by atoms with Gasteiger partial charge in [-0.25, -0.2) is 0 Å². The van der Waals surface area contributed by atoms with E-state index in [1.54, 1.807) is 12.1 Å². The summed E-state index contributed by atoms with van der Waals surface area (Å²) >= 11 is 1.52. The quantitative estimate of drug-likeness (QED) is 0.344. The molecular formula is C18H17BrN4O2S. The normalized spacial score (nSPS) is 10.8. The van der Waals surface area contributed by atoms with Crippen LogP contribution in [-0.2, 0) is 6.54 Å². The molecule has 2 aromatic carbocycles. The van der Waals surface area contributed by atoms with Gasteiger partial charge in [0.05, 0.1) is 16.3 Å². The number of hydrogen-bond donors (Lipinski definition) is 1. The third-order valence-corrected chi connectivity index (χ3v) is 4.40. The van der Waals surface area contributed by atoms with Crippen LogP contribution in [-0.4, -0.2) is 9.49 Å². The van der Waals surface area contributed by atoms with Crippen molar-refractivity contribution in [3.63, 3.8) is 0 Å². The van der Waals surface area contributed by atoms with Crippen LogP contribution in [0.25, 0.3) is 11.3 Å². The molecule has 26 heavy (non-hydrogen) atoms. The van der Waals surface area contributed by atoms with Crippen molar-refractivity contribution in [2.24, 2.45) is 5.10 Å². The summed E-state index contributed by atoms with van der Waals surface area (Å²) < 4.78 is 2.06. The lowest BCUT2D eigenvalue weighted by Gasteiger charge is -2.06. The fourth-order valence-electron chi connectivity index (χ4n) is 2.33. The van der Waals surface area contributed by atoms with Crippen molar-refractivity contribution >= 4 is 39.7 Å². The number of non-ortho nitro benzene ring substituents is 1. The molecule has 3 rings (SSSR count). The highest BCUT2D eigenvalue weighted by Crippen LogP contribution is 2.20. The molecule has 0 spiro atoms. The minimum absolute atomic E-state index is 0. The molecular weight excluding hydrogens is 416 g/mol. The van der Waals surface area contributed by atoms with E-state index in [1.165, 1.54) is 23.5 Å². The van der Waals surface area contributed by atoms with Crippen molar-refractivity contribution < 1.29 is 4.92 Å². The predicted octanol–water partition coefficient (Wildman–Crippen LogP) is 4.82. The fraction of sp³-hybridized carbons (Fsp3) is 0.0556. The maximum atomic E-state index is 10.7.